The van der Waals surface area contributed by atoms with Crippen molar-refractivity contribution < 1.29 is 4.79 Å². The van der Waals surface area contributed by atoms with Crippen LogP contribution < -0.4 is 11.1 Å². The van der Waals surface area contributed by atoms with Crippen molar-refractivity contribution in [2.24, 2.45) is 0 Å². The SMILES string of the molecule is C#CCCCNC(=O)c1sc2cccc(Cl)c2c1N. The number of nitrogen functional groups attached to an aromatic ring is 1. The third-order valence-electron chi connectivity index (χ3n) is 2.69. The minimum atomic E-state index is -0.174. The maximum atomic E-state index is 12.0. The largest absolute Gasteiger partial charge is 0.397 e. The molecule has 0 unspecified atom stereocenters. The van der Waals surface area contributed by atoms with Crippen molar-refractivity contribution in [1.82, 2.24) is 5.32 Å². The number of carbonyl (C=O) groups is 1. The van der Waals surface area contributed by atoms with Gasteiger partial charge in [0.15, 0.2) is 0 Å². The minimum Gasteiger partial charge on any atom is -0.397 e. The summed E-state index contributed by atoms with van der Waals surface area (Å²) in [6.07, 6.45) is 6.56. The standard InChI is InChI=1S/C14H13ClN2OS/c1-2-3-4-8-17-14(18)13-12(16)11-9(15)6-5-7-10(11)19-13/h1,5-7H,3-4,8,16H2,(H,17,18). The fraction of sp³-hybridized carbons (Fsp3) is 0.214. The molecular weight excluding hydrogens is 280 g/mol. The zero-order chi connectivity index (χ0) is 13.8. The van der Waals surface area contributed by atoms with Crippen molar-refractivity contribution in [2.75, 3.05) is 12.3 Å². The van der Waals surface area contributed by atoms with Crippen molar-refractivity contribution in [3.05, 3.63) is 28.1 Å². The predicted octanol–water partition coefficient (Wildman–Crippen LogP) is 3.28. The van der Waals surface area contributed by atoms with Crippen LogP contribution in [0, 0.1) is 12.3 Å². The molecule has 0 saturated heterocycles. The molecule has 5 heteroatoms. The van der Waals surface area contributed by atoms with Gasteiger partial charge in [-0.05, 0) is 18.6 Å². The Bertz CT molecular complexity index is 657. The number of terminal acetylenes is 1. The highest BCUT2D eigenvalue weighted by Gasteiger charge is 2.17. The maximum absolute atomic E-state index is 12.0. The van der Waals surface area contributed by atoms with E-state index in [1.54, 1.807) is 6.07 Å². The van der Waals surface area contributed by atoms with Crippen molar-refractivity contribution >= 4 is 44.6 Å². The van der Waals surface area contributed by atoms with Gasteiger partial charge in [0.05, 0.1) is 10.7 Å². The van der Waals surface area contributed by atoms with Crippen LogP contribution in [0.2, 0.25) is 5.02 Å². The van der Waals surface area contributed by atoms with Gasteiger partial charge in [0.25, 0.3) is 5.91 Å². The minimum absolute atomic E-state index is 0.174. The van der Waals surface area contributed by atoms with Crippen LogP contribution in [0.5, 0.6) is 0 Å². The number of hydrogen-bond donors (Lipinski definition) is 2. The Balaban J connectivity index is 2.21. The summed E-state index contributed by atoms with van der Waals surface area (Å²) in [6, 6.07) is 5.51. The topological polar surface area (TPSA) is 55.1 Å². The number of halogens is 1. The number of rotatable bonds is 4. The van der Waals surface area contributed by atoms with Crippen LogP contribution in [0.4, 0.5) is 5.69 Å². The Morgan fingerprint density at radius 1 is 1.53 bits per heavy atom. The van der Waals surface area contributed by atoms with E-state index >= 15 is 0 Å². The van der Waals surface area contributed by atoms with Crippen molar-refractivity contribution in [3.63, 3.8) is 0 Å². The molecule has 0 aliphatic carbocycles. The summed E-state index contributed by atoms with van der Waals surface area (Å²) in [6.45, 7) is 0.546. The van der Waals surface area contributed by atoms with Gasteiger partial charge < -0.3 is 11.1 Å². The van der Waals surface area contributed by atoms with Crippen LogP contribution in [-0.2, 0) is 0 Å². The Morgan fingerprint density at radius 3 is 3.00 bits per heavy atom. The summed E-state index contributed by atoms with van der Waals surface area (Å²) in [5, 5.41) is 4.13. The quantitative estimate of drug-likeness (QED) is 0.671. The molecule has 1 amide bonds. The Hall–Kier alpha value is -1.70. The van der Waals surface area contributed by atoms with Gasteiger partial charge >= 0.3 is 0 Å². The van der Waals surface area contributed by atoms with Gasteiger partial charge in [0.2, 0.25) is 0 Å². The van der Waals surface area contributed by atoms with Crippen LogP contribution >= 0.6 is 22.9 Å². The number of carbonyl (C=O) groups excluding carboxylic acids is 1. The first-order valence-electron chi connectivity index (χ1n) is 5.83. The zero-order valence-corrected chi connectivity index (χ0v) is 11.8. The summed E-state index contributed by atoms with van der Waals surface area (Å²) in [5.41, 5.74) is 6.45. The average Bonchev–Trinajstić information content (AvgIpc) is 2.73. The van der Waals surface area contributed by atoms with Gasteiger partial charge in [-0.25, -0.2) is 0 Å². The molecule has 1 aromatic carbocycles. The number of nitrogens with two attached hydrogens (primary N) is 1. The number of anilines is 1. The number of thiophene rings is 1. The van der Waals surface area contributed by atoms with E-state index in [0.717, 1.165) is 16.5 Å². The summed E-state index contributed by atoms with van der Waals surface area (Å²) < 4.78 is 0.916. The molecule has 0 radical (unpaired) electrons. The highest BCUT2D eigenvalue weighted by molar-refractivity contribution is 7.21. The Kier molecular flexibility index (Phi) is 4.31. The number of benzene rings is 1. The molecule has 0 aliphatic rings. The van der Waals surface area contributed by atoms with Crippen molar-refractivity contribution in [1.29, 1.82) is 0 Å². The van der Waals surface area contributed by atoms with Gasteiger partial charge in [-0.2, -0.15) is 0 Å². The molecule has 0 fully saturated rings. The van der Waals surface area contributed by atoms with Crippen LogP contribution in [0.1, 0.15) is 22.5 Å². The van der Waals surface area contributed by atoms with Crippen molar-refractivity contribution in [3.8, 4) is 12.3 Å². The predicted molar refractivity (Wildman–Crippen MR) is 81.6 cm³/mol. The lowest BCUT2D eigenvalue weighted by Crippen LogP contribution is -2.24. The van der Waals surface area contributed by atoms with Crippen LogP contribution in [0.25, 0.3) is 10.1 Å². The van der Waals surface area contributed by atoms with E-state index < -0.39 is 0 Å². The Morgan fingerprint density at radius 2 is 2.32 bits per heavy atom. The second-order valence-corrected chi connectivity index (χ2v) is 5.48. The van der Waals surface area contributed by atoms with E-state index in [1.807, 2.05) is 12.1 Å². The van der Waals surface area contributed by atoms with Gasteiger partial charge in [-0.3, -0.25) is 4.79 Å². The van der Waals surface area contributed by atoms with E-state index in [4.69, 9.17) is 23.8 Å². The summed E-state index contributed by atoms with van der Waals surface area (Å²) in [4.78, 5) is 12.5. The molecule has 3 nitrogen and oxygen atoms in total. The first kappa shape index (κ1) is 13.7. The molecule has 0 spiro atoms. The lowest BCUT2D eigenvalue weighted by molar-refractivity contribution is 0.0958. The smallest absolute Gasteiger partial charge is 0.263 e. The highest BCUT2D eigenvalue weighted by atomic mass is 35.5. The number of unbranched alkanes of at least 4 members (excludes halogenated alkanes) is 1. The highest BCUT2D eigenvalue weighted by Crippen LogP contribution is 2.37. The lowest BCUT2D eigenvalue weighted by atomic mass is 10.2. The van der Waals surface area contributed by atoms with Gasteiger partial charge in [0.1, 0.15) is 4.88 Å². The fourth-order valence-electron chi connectivity index (χ4n) is 1.77. The zero-order valence-electron chi connectivity index (χ0n) is 10.2. The summed E-state index contributed by atoms with van der Waals surface area (Å²) >= 11 is 7.45. The monoisotopic (exact) mass is 292 g/mol. The van der Waals surface area contributed by atoms with Crippen LogP contribution in [0.3, 0.4) is 0 Å². The first-order valence-corrected chi connectivity index (χ1v) is 7.02. The van der Waals surface area contributed by atoms with Gasteiger partial charge in [-0.15, -0.1) is 23.7 Å². The van der Waals surface area contributed by atoms with Crippen LogP contribution in [0.15, 0.2) is 18.2 Å². The van der Waals surface area contributed by atoms with Gasteiger partial charge in [0, 0.05) is 23.1 Å². The van der Waals surface area contributed by atoms with E-state index in [9.17, 15) is 4.79 Å². The fourth-order valence-corrected chi connectivity index (χ4v) is 3.17. The number of nitrogens with one attached hydrogen (secondary N) is 1. The number of hydrogen-bond acceptors (Lipinski definition) is 3. The van der Waals surface area contributed by atoms with E-state index in [-0.39, 0.29) is 5.91 Å². The molecule has 0 saturated carbocycles. The third-order valence-corrected chi connectivity index (χ3v) is 4.18. The third kappa shape index (κ3) is 2.83. The molecule has 1 heterocycles. The molecule has 0 atom stereocenters. The number of amides is 1. The maximum Gasteiger partial charge on any atom is 0.263 e. The van der Waals surface area contributed by atoms with E-state index in [1.165, 1.54) is 11.3 Å². The van der Waals surface area contributed by atoms with E-state index in [2.05, 4.69) is 11.2 Å². The number of fused-ring (bicyclic) bond motifs is 1. The Labute approximate surface area is 120 Å². The molecule has 2 aromatic rings. The molecule has 98 valence electrons. The van der Waals surface area contributed by atoms with Crippen LogP contribution in [-0.4, -0.2) is 12.5 Å². The summed E-state index contributed by atoms with van der Waals surface area (Å²) in [5.74, 6) is 2.36. The molecule has 0 aliphatic heterocycles. The molecule has 2 rings (SSSR count). The molecule has 19 heavy (non-hydrogen) atoms. The lowest BCUT2D eigenvalue weighted by Gasteiger charge is -2.02. The molecule has 1 aromatic heterocycles. The average molecular weight is 293 g/mol. The second kappa shape index (κ2) is 5.96. The molecule has 0 bridgehead atoms. The second-order valence-electron chi connectivity index (χ2n) is 4.02. The summed E-state index contributed by atoms with van der Waals surface area (Å²) in [7, 11) is 0. The van der Waals surface area contributed by atoms with Gasteiger partial charge in [-0.1, -0.05) is 17.7 Å². The molecular formula is C14H13ClN2OS. The van der Waals surface area contributed by atoms with Crippen molar-refractivity contribution in [2.45, 2.75) is 12.8 Å². The van der Waals surface area contributed by atoms with E-state index in [0.29, 0.717) is 28.6 Å². The molecule has 3 N–H and O–H groups in total. The normalized spacial score (nSPS) is 10.3. The first-order chi connectivity index (χ1) is 9.15.